The number of hydrogen-bond donors (Lipinski definition) is 15. The number of benzene rings is 2. The molecule has 0 spiro atoms. The molecular formula is C63H98N18O13S. The summed E-state index contributed by atoms with van der Waals surface area (Å²) in [7, 11) is 0. The smallest absolute Gasteiger partial charge is 0.245 e. The van der Waals surface area contributed by atoms with Crippen LogP contribution in [0.2, 0.25) is 0 Å². The number of nitrogens with zero attached hydrogens (tertiary/aromatic N) is 3. The van der Waals surface area contributed by atoms with E-state index in [1.54, 1.807) is 60.7 Å². The van der Waals surface area contributed by atoms with Crippen molar-refractivity contribution in [2.75, 3.05) is 44.7 Å². The van der Waals surface area contributed by atoms with Crippen LogP contribution in [0.15, 0.2) is 65.7 Å². The molecule has 2 aromatic rings. The first-order valence-electron chi connectivity index (χ1n) is 32.2. The van der Waals surface area contributed by atoms with E-state index in [9.17, 15) is 62.3 Å². The van der Waals surface area contributed by atoms with Crippen molar-refractivity contribution in [2.24, 2.45) is 51.0 Å². The van der Waals surface area contributed by atoms with Crippen molar-refractivity contribution in [1.82, 2.24) is 52.3 Å². The Morgan fingerprint density at radius 3 is 1.51 bits per heavy atom. The Kier molecular flexibility index (Phi) is 33.9. The number of unbranched alkanes of at least 4 members (excludes halogenated alkanes) is 1. The van der Waals surface area contributed by atoms with E-state index >= 15 is 0 Å². The van der Waals surface area contributed by atoms with E-state index in [2.05, 4.69) is 47.5 Å². The fourth-order valence-electron chi connectivity index (χ4n) is 11.0. The summed E-state index contributed by atoms with van der Waals surface area (Å²) in [5.74, 6) is -9.80. The van der Waals surface area contributed by atoms with Gasteiger partial charge >= 0.3 is 0 Å². The quantitative estimate of drug-likeness (QED) is 0.0173. The Bertz CT molecular complexity index is 2960. The number of amides is 13. The summed E-state index contributed by atoms with van der Waals surface area (Å²) in [6, 6.07) is 4.51. The summed E-state index contributed by atoms with van der Waals surface area (Å²) in [6.45, 7) is 3.86. The Morgan fingerprint density at radius 1 is 0.537 bits per heavy atom. The molecule has 13 amide bonds. The summed E-state index contributed by atoms with van der Waals surface area (Å²) in [6.07, 6.45) is 3.12. The topological polar surface area (TPSA) is 519 Å². The molecule has 31 nitrogen and oxygen atoms in total. The first kappa shape index (κ1) is 78.5. The van der Waals surface area contributed by atoms with Gasteiger partial charge in [0.1, 0.15) is 54.4 Å². The zero-order chi connectivity index (χ0) is 70.1. The third kappa shape index (κ3) is 27.5. The second-order valence-corrected chi connectivity index (χ2v) is 25.1. The maximum atomic E-state index is 14.7. The van der Waals surface area contributed by atoms with E-state index in [0.717, 1.165) is 0 Å². The van der Waals surface area contributed by atoms with Crippen LogP contribution in [0.3, 0.4) is 0 Å². The van der Waals surface area contributed by atoms with E-state index in [-0.39, 0.29) is 83.0 Å². The Morgan fingerprint density at radius 2 is 1.01 bits per heavy atom. The van der Waals surface area contributed by atoms with Crippen LogP contribution < -0.4 is 82.7 Å². The number of likely N-dealkylation sites (tertiary alicyclic amines) is 2. The minimum Gasteiger partial charge on any atom is -0.370 e. The van der Waals surface area contributed by atoms with E-state index in [1.807, 2.05) is 20.1 Å². The van der Waals surface area contributed by atoms with Gasteiger partial charge in [-0.15, -0.1) is 0 Å². The average Bonchev–Trinajstić information content (AvgIpc) is 1.74. The largest absolute Gasteiger partial charge is 0.370 e. The van der Waals surface area contributed by atoms with Crippen LogP contribution in [0.1, 0.15) is 121 Å². The minimum atomic E-state index is -1.64. The van der Waals surface area contributed by atoms with Crippen molar-refractivity contribution in [1.29, 1.82) is 0 Å². The number of carbonyl (C=O) groups excluding carboxylic acids is 13. The van der Waals surface area contributed by atoms with E-state index in [1.165, 1.54) is 21.6 Å². The van der Waals surface area contributed by atoms with Crippen molar-refractivity contribution in [3.05, 3.63) is 71.8 Å². The molecule has 2 aliphatic rings. The van der Waals surface area contributed by atoms with Gasteiger partial charge < -0.3 is 92.5 Å². The Hall–Kier alpha value is -8.91. The van der Waals surface area contributed by atoms with Crippen molar-refractivity contribution < 1.29 is 62.3 Å². The fraction of sp³-hybridized carbons (Fsp3) is 0.587. The molecule has 32 heteroatoms. The van der Waals surface area contributed by atoms with Gasteiger partial charge in [0.2, 0.25) is 76.8 Å². The number of nitrogens with one attached hydrogen (secondary N) is 8. The molecule has 4 rings (SSSR count). The molecule has 22 N–H and O–H groups in total. The van der Waals surface area contributed by atoms with Crippen molar-refractivity contribution in [3.8, 4) is 0 Å². The molecule has 524 valence electrons. The predicted molar refractivity (Wildman–Crippen MR) is 356 cm³/mol. The maximum Gasteiger partial charge on any atom is 0.245 e. The summed E-state index contributed by atoms with van der Waals surface area (Å²) in [5, 5.41) is 21.1. The first-order valence-corrected chi connectivity index (χ1v) is 33.6. The molecular weight excluding hydrogens is 1250 g/mol. The molecule has 0 unspecified atom stereocenters. The molecule has 95 heavy (non-hydrogen) atoms. The van der Waals surface area contributed by atoms with Crippen molar-refractivity contribution in [3.63, 3.8) is 0 Å². The van der Waals surface area contributed by atoms with Gasteiger partial charge in [0.15, 0.2) is 5.96 Å². The van der Waals surface area contributed by atoms with Gasteiger partial charge in [-0.05, 0) is 119 Å². The van der Waals surface area contributed by atoms with Crippen molar-refractivity contribution in [2.45, 2.75) is 183 Å². The lowest BCUT2D eigenvalue weighted by Gasteiger charge is -2.32. The highest BCUT2D eigenvalue weighted by molar-refractivity contribution is 7.98. The number of guanidine groups is 1. The first-order chi connectivity index (χ1) is 45.2. The molecule has 2 saturated heterocycles. The number of carbonyl (C=O) groups is 13. The van der Waals surface area contributed by atoms with Crippen molar-refractivity contribution >= 4 is 94.5 Å². The SMILES string of the molecule is CSCC[C@H](NC(=O)[C@@H](CC(C)C)NC(=O)CNC(=O)[C@H](Cc1ccccc1)NC(=O)[C@@H](Cc1ccccc1)NC(=O)[C@@H](CCC(N)=O)NC(=O)[C@H](CCC(N)=O)NC(=O)[C@@H]1CCCN1C(=O)[C@H](CCCCN)NC(=O)[C@@H]1CCCN1C(=O)[C@@H](N)CCCN=C(N)N)C(N)=O. The number of aliphatic imine (C=N–C) groups is 1. The van der Waals surface area contributed by atoms with Gasteiger partial charge in [-0.3, -0.25) is 67.3 Å². The molecule has 0 aromatic heterocycles. The highest BCUT2D eigenvalue weighted by Crippen LogP contribution is 2.24. The monoisotopic (exact) mass is 1350 g/mol. The average molecular weight is 1350 g/mol. The Labute approximate surface area is 558 Å². The van der Waals surface area contributed by atoms with E-state index in [0.29, 0.717) is 55.4 Å². The molecule has 2 aliphatic heterocycles. The number of nitrogens with two attached hydrogens (primary N) is 7. The molecule has 0 bridgehead atoms. The highest BCUT2D eigenvalue weighted by Gasteiger charge is 2.42. The second-order valence-electron chi connectivity index (χ2n) is 24.1. The van der Waals surface area contributed by atoms with Crippen LogP contribution in [-0.2, 0) is 75.2 Å². The van der Waals surface area contributed by atoms with Crippen LogP contribution in [0.25, 0.3) is 0 Å². The predicted octanol–water partition coefficient (Wildman–Crippen LogP) is -3.71. The van der Waals surface area contributed by atoms with Crippen LogP contribution >= 0.6 is 11.8 Å². The van der Waals surface area contributed by atoms with Crippen LogP contribution in [0.4, 0.5) is 0 Å². The van der Waals surface area contributed by atoms with Crippen LogP contribution in [0, 0.1) is 5.92 Å². The van der Waals surface area contributed by atoms with Gasteiger partial charge in [-0.2, -0.15) is 11.8 Å². The lowest BCUT2D eigenvalue weighted by molar-refractivity contribution is -0.144. The molecule has 0 aliphatic carbocycles. The Balaban J connectivity index is 1.56. The van der Waals surface area contributed by atoms with Crippen LogP contribution in [0.5, 0.6) is 0 Å². The number of rotatable bonds is 42. The van der Waals surface area contributed by atoms with E-state index in [4.69, 9.17) is 40.1 Å². The summed E-state index contributed by atoms with van der Waals surface area (Å²) in [5.41, 5.74) is 40.6. The number of thioether (sulfide) groups is 1. The summed E-state index contributed by atoms with van der Waals surface area (Å²) >= 11 is 1.45. The molecule has 2 fully saturated rings. The minimum absolute atomic E-state index is 0.0736. The standard InChI is InChI=1S/C63H98N18O13S/c1-37(2)33-45(57(89)74-41(53(68)85)27-32-95-3)73-52(84)36-72-54(86)46(34-38-15-6-4-7-16-38)78-58(90)47(35-39-17-8-5-9-18-39)79-56(88)42(23-25-50(66)82)75-55(87)43(24-26-51(67)83)76-59(91)49-22-14-31-81(49)62(94)44(20-10-11-28-64)77-60(92)48-21-13-30-80(48)61(93)40(65)19-12-29-71-63(69)70/h4-9,15-18,37,40-49H,10-14,19-36,64-65H2,1-3H3,(H2,66,82)(H2,67,83)(H2,68,85)(H,72,86)(H,73,84)(H,74,89)(H,75,87)(H,76,91)(H,77,92)(H,78,90)(H,79,88)(H4,69,70,71)/t40-,41-,42+,43-,44-,45+,46-,47+,48-,49-/m0/s1. The summed E-state index contributed by atoms with van der Waals surface area (Å²) in [4.78, 5) is 185. The summed E-state index contributed by atoms with van der Waals surface area (Å²) < 4.78 is 0. The molecule has 2 heterocycles. The van der Waals surface area contributed by atoms with Crippen LogP contribution in [-0.4, -0.2) is 198 Å². The van der Waals surface area contributed by atoms with Gasteiger partial charge in [0, 0.05) is 45.3 Å². The van der Waals surface area contributed by atoms with Gasteiger partial charge in [0.05, 0.1) is 12.6 Å². The van der Waals surface area contributed by atoms with Gasteiger partial charge in [0.25, 0.3) is 0 Å². The maximum absolute atomic E-state index is 14.7. The van der Waals surface area contributed by atoms with Gasteiger partial charge in [-0.25, -0.2) is 0 Å². The highest BCUT2D eigenvalue weighted by atomic mass is 32.2. The third-order valence-electron chi connectivity index (χ3n) is 16.0. The second kappa shape index (κ2) is 41.0. The normalized spacial score (nSPS) is 16.8. The molecule has 0 radical (unpaired) electrons. The zero-order valence-electron chi connectivity index (χ0n) is 54.5. The third-order valence-corrected chi connectivity index (χ3v) is 16.7. The molecule has 10 atom stereocenters. The lowest BCUT2D eigenvalue weighted by atomic mass is 10.0. The molecule has 0 saturated carbocycles. The van der Waals surface area contributed by atoms with Gasteiger partial charge in [-0.1, -0.05) is 74.5 Å². The lowest BCUT2D eigenvalue weighted by Crippen LogP contribution is -2.60. The zero-order valence-corrected chi connectivity index (χ0v) is 55.3. The number of hydrogen-bond acceptors (Lipinski definition) is 17. The molecule has 2 aromatic carbocycles. The van der Waals surface area contributed by atoms with E-state index < -0.39 is 169 Å². The number of primary amides is 3. The fourth-order valence-corrected chi connectivity index (χ4v) is 11.5.